The van der Waals surface area contributed by atoms with E-state index in [2.05, 4.69) is 10.6 Å². The fraction of sp³-hybridized carbons (Fsp3) is 0.438. The van der Waals surface area contributed by atoms with Gasteiger partial charge in [0, 0.05) is 23.7 Å². The molecule has 1 aromatic rings. The first-order chi connectivity index (χ1) is 10.3. The fourth-order valence-corrected chi connectivity index (χ4v) is 1.77. The Hall–Kier alpha value is -2.37. The summed E-state index contributed by atoms with van der Waals surface area (Å²) in [5.41, 5.74) is 0.0540. The Morgan fingerprint density at radius 3 is 2.27 bits per heavy atom. The summed E-state index contributed by atoms with van der Waals surface area (Å²) in [6, 6.07) is 6.53. The number of rotatable bonds is 6. The molecule has 6 nitrogen and oxygen atoms in total. The summed E-state index contributed by atoms with van der Waals surface area (Å²) in [7, 11) is 0. The number of carboxylic acids is 1. The van der Waals surface area contributed by atoms with Crippen molar-refractivity contribution >= 4 is 23.5 Å². The highest BCUT2D eigenvalue weighted by Crippen LogP contribution is 2.30. The normalized spacial score (nSPS) is 14.3. The highest BCUT2D eigenvalue weighted by atomic mass is 16.4. The largest absolute Gasteiger partial charge is 0.481 e. The van der Waals surface area contributed by atoms with Gasteiger partial charge in [0.2, 0.25) is 5.91 Å². The summed E-state index contributed by atoms with van der Waals surface area (Å²) in [6.45, 7) is 3.14. The molecule has 0 radical (unpaired) electrons. The molecule has 0 bridgehead atoms. The highest BCUT2D eigenvalue weighted by Gasteiger charge is 2.29. The van der Waals surface area contributed by atoms with Crippen molar-refractivity contribution in [3.8, 4) is 0 Å². The lowest BCUT2D eigenvalue weighted by Crippen LogP contribution is -2.38. The first-order valence-corrected chi connectivity index (χ1v) is 7.22. The molecule has 22 heavy (non-hydrogen) atoms. The minimum absolute atomic E-state index is 0.0143. The second-order valence-corrected chi connectivity index (χ2v) is 6.21. The van der Waals surface area contributed by atoms with Crippen LogP contribution in [0, 0.1) is 11.3 Å². The number of carbonyl (C=O) groups excluding carboxylic acids is 2. The maximum absolute atomic E-state index is 12.0. The van der Waals surface area contributed by atoms with E-state index in [0.717, 1.165) is 12.8 Å². The summed E-state index contributed by atoms with van der Waals surface area (Å²) in [6.07, 6.45) is 1.87. The van der Waals surface area contributed by atoms with Gasteiger partial charge in [-0.25, -0.2) is 0 Å². The molecule has 2 amide bonds. The predicted molar refractivity (Wildman–Crippen MR) is 81.5 cm³/mol. The number of amides is 2. The molecule has 1 saturated carbocycles. The average molecular weight is 304 g/mol. The number of aliphatic carboxylic acids is 1. The number of carboxylic acid groups (broad SMARTS) is 1. The minimum Gasteiger partial charge on any atom is -0.481 e. The van der Waals surface area contributed by atoms with Crippen LogP contribution in [0.2, 0.25) is 0 Å². The number of anilines is 1. The van der Waals surface area contributed by atoms with Gasteiger partial charge in [0.05, 0.1) is 5.41 Å². The van der Waals surface area contributed by atoms with Gasteiger partial charge in [-0.05, 0) is 51.0 Å². The Morgan fingerprint density at radius 1 is 1.18 bits per heavy atom. The number of hydrogen-bond acceptors (Lipinski definition) is 3. The predicted octanol–water partition coefficient (Wildman–Crippen LogP) is 1.88. The van der Waals surface area contributed by atoms with Gasteiger partial charge in [0.1, 0.15) is 0 Å². The van der Waals surface area contributed by atoms with E-state index in [1.165, 1.54) is 0 Å². The Bertz CT molecular complexity index is 589. The second kappa shape index (κ2) is 6.17. The van der Waals surface area contributed by atoms with E-state index in [-0.39, 0.29) is 24.3 Å². The van der Waals surface area contributed by atoms with E-state index >= 15 is 0 Å². The van der Waals surface area contributed by atoms with E-state index < -0.39 is 11.4 Å². The van der Waals surface area contributed by atoms with Crippen LogP contribution in [0.25, 0.3) is 0 Å². The van der Waals surface area contributed by atoms with Crippen LogP contribution < -0.4 is 10.6 Å². The summed E-state index contributed by atoms with van der Waals surface area (Å²) in [5.74, 6) is -1.16. The van der Waals surface area contributed by atoms with Crippen molar-refractivity contribution in [3.05, 3.63) is 29.8 Å². The number of nitrogens with one attached hydrogen (secondary N) is 2. The minimum atomic E-state index is -1.02. The summed E-state index contributed by atoms with van der Waals surface area (Å²) >= 11 is 0. The molecule has 1 aliphatic rings. The quantitative estimate of drug-likeness (QED) is 0.747. The molecule has 6 heteroatoms. The van der Waals surface area contributed by atoms with Crippen molar-refractivity contribution < 1.29 is 19.5 Å². The van der Waals surface area contributed by atoms with Crippen molar-refractivity contribution in [1.82, 2.24) is 5.32 Å². The van der Waals surface area contributed by atoms with E-state index in [0.29, 0.717) is 11.3 Å². The Labute approximate surface area is 128 Å². The smallest absolute Gasteiger partial charge is 0.310 e. The maximum atomic E-state index is 12.0. The lowest BCUT2D eigenvalue weighted by molar-refractivity contribution is -0.146. The van der Waals surface area contributed by atoms with Crippen molar-refractivity contribution in [1.29, 1.82) is 0 Å². The zero-order valence-electron chi connectivity index (χ0n) is 12.7. The molecule has 0 heterocycles. The van der Waals surface area contributed by atoms with E-state index in [9.17, 15) is 14.4 Å². The zero-order chi connectivity index (χ0) is 16.3. The molecule has 0 unspecified atom stereocenters. The molecular formula is C16H20N2O4. The molecule has 1 fully saturated rings. The highest BCUT2D eigenvalue weighted by molar-refractivity contribution is 5.97. The monoisotopic (exact) mass is 304 g/mol. The second-order valence-electron chi connectivity index (χ2n) is 6.21. The molecule has 1 aliphatic carbocycles. The molecule has 3 N–H and O–H groups in total. The van der Waals surface area contributed by atoms with Crippen LogP contribution in [0.5, 0.6) is 0 Å². The van der Waals surface area contributed by atoms with Gasteiger partial charge in [-0.2, -0.15) is 0 Å². The van der Waals surface area contributed by atoms with Crippen molar-refractivity contribution in [2.45, 2.75) is 26.7 Å². The molecule has 2 rings (SSSR count). The van der Waals surface area contributed by atoms with Crippen molar-refractivity contribution in [2.75, 3.05) is 11.9 Å². The van der Waals surface area contributed by atoms with Crippen LogP contribution in [0.1, 0.15) is 37.0 Å². The fourth-order valence-electron chi connectivity index (χ4n) is 1.77. The molecule has 0 atom stereocenters. The summed E-state index contributed by atoms with van der Waals surface area (Å²) in [4.78, 5) is 34.6. The standard InChI is InChI=1S/C16H20N2O4/c1-16(2,15(21)22)9-17-13(19)10-5-7-12(8-6-10)18-14(20)11-3-4-11/h5-8,11H,3-4,9H2,1-2H3,(H,17,19)(H,18,20)(H,21,22). The Morgan fingerprint density at radius 2 is 1.77 bits per heavy atom. The number of hydrogen-bond donors (Lipinski definition) is 3. The third-order valence-electron chi connectivity index (χ3n) is 3.63. The summed E-state index contributed by atoms with van der Waals surface area (Å²) < 4.78 is 0. The van der Waals surface area contributed by atoms with Crippen LogP contribution in [-0.2, 0) is 9.59 Å². The van der Waals surface area contributed by atoms with Crippen LogP contribution in [-0.4, -0.2) is 29.4 Å². The van der Waals surface area contributed by atoms with Gasteiger partial charge in [0.25, 0.3) is 5.91 Å². The third kappa shape index (κ3) is 4.07. The van der Waals surface area contributed by atoms with Gasteiger partial charge >= 0.3 is 5.97 Å². The topological polar surface area (TPSA) is 95.5 Å². The molecule has 118 valence electrons. The van der Waals surface area contributed by atoms with Gasteiger partial charge in [-0.1, -0.05) is 0 Å². The van der Waals surface area contributed by atoms with Crippen LogP contribution in [0.15, 0.2) is 24.3 Å². The van der Waals surface area contributed by atoms with Crippen LogP contribution >= 0.6 is 0 Å². The average Bonchev–Trinajstić information content (AvgIpc) is 3.30. The number of carbonyl (C=O) groups is 3. The van der Waals surface area contributed by atoms with Gasteiger partial charge in [-0.3, -0.25) is 14.4 Å². The lowest BCUT2D eigenvalue weighted by Gasteiger charge is -2.19. The van der Waals surface area contributed by atoms with Crippen LogP contribution in [0.3, 0.4) is 0 Å². The van der Waals surface area contributed by atoms with E-state index in [4.69, 9.17) is 5.11 Å². The zero-order valence-corrected chi connectivity index (χ0v) is 12.7. The molecular weight excluding hydrogens is 284 g/mol. The number of benzene rings is 1. The molecule has 0 spiro atoms. The van der Waals surface area contributed by atoms with Gasteiger partial charge in [-0.15, -0.1) is 0 Å². The van der Waals surface area contributed by atoms with Crippen molar-refractivity contribution in [3.63, 3.8) is 0 Å². The molecule has 0 aliphatic heterocycles. The van der Waals surface area contributed by atoms with Crippen molar-refractivity contribution in [2.24, 2.45) is 11.3 Å². The first-order valence-electron chi connectivity index (χ1n) is 7.22. The maximum Gasteiger partial charge on any atom is 0.310 e. The van der Waals surface area contributed by atoms with Crippen LogP contribution in [0.4, 0.5) is 5.69 Å². The Kier molecular flexibility index (Phi) is 4.49. The SMILES string of the molecule is CC(C)(CNC(=O)c1ccc(NC(=O)C2CC2)cc1)C(=O)O. The molecule has 1 aromatic carbocycles. The van der Waals surface area contributed by atoms with E-state index in [1.54, 1.807) is 38.1 Å². The molecule has 0 aromatic heterocycles. The first kappa shape index (κ1) is 16.0. The van der Waals surface area contributed by atoms with E-state index in [1.807, 2.05) is 0 Å². The Balaban J connectivity index is 1.90. The lowest BCUT2D eigenvalue weighted by atomic mass is 9.94. The molecule has 0 saturated heterocycles. The van der Waals surface area contributed by atoms with Gasteiger partial charge in [0.15, 0.2) is 0 Å². The third-order valence-corrected chi connectivity index (χ3v) is 3.63. The van der Waals surface area contributed by atoms with Gasteiger partial charge < -0.3 is 15.7 Å². The summed E-state index contributed by atoms with van der Waals surface area (Å²) in [5, 5.41) is 14.4.